The molecule has 1 N–H and O–H groups in total. The Bertz CT molecular complexity index is 689. The highest BCUT2D eigenvalue weighted by molar-refractivity contribution is 7.98. The average molecular weight is 372 g/mol. The smallest absolute Gasteiger partial charge is 0.0900 e. The minimum atomic E-state index is -0.473. The van der Waals surface area contributed by atoms with E-state index >= 15 is 0 Å². The summed E-state index contributed by atoms with van der Waals surface area (Å²) in [4.78, 5) is 3.43. The maximum absolute atomic E-state index is 10.4. The Balaban J connectivity index is 1.46. The molecule has 3 rings (SSSR count). The summed E-state index contributed by atoms with van der Waals surface area (Å²) in [5.74, 6) is 0. The van der Waals surface area contributed by atoms with Crippen molar-refractivity contribution in [2.45, 2.75) is 42.9 Å². The first kappa shape index (κ1) is 19.4. The van der Waals surface area contributed by atoms with Crippen molar-refractivity contribution >= 4 is 11.8 Å². The molecule has 2 aromatic rings. The van der Waals surface area contributed by atoms with Crippen LogP contribution in [0.5, 0.6) is 0 Å². The zero-order valence-corrected chi connectivity index (χ0v) is 16.5. The summed E-state index contributed by atoms with van der Waals surface area (Å²) >= 11 is 1.75. The van der Waals surface area contributed by atoms with E-state index < -0.39 is 6.10 Å². The number of thioether (sulfide) groups is 1. The molecule has 4 heteroatoms. The van der Waals surface area contributed by atoms with E-state index in [1.807, 2.05) is 7.05 Å². The Hall–Kier alpha value is -1.33. The van der Waals surface area contributed by atoms with Crippen LogP contribution in [-0.2, 0) is 17.7 Å². The number of fused-ring (bicyclic) bond motifs is 1. The SMILES string of the molecule is CSc1ccc(CN(C)C[C@H](O)CO[C@H]2CCCc3ccccc32)cc1. The first-order chi connectivity index (χ1) is 12.7. The molecule has 0 radical (unpaired) electrons. The second kappa shape index (κ2) is 9.56. The number of aliphatic hydroxyl groups is 1. The number of benzene rings is 2. The van der Waals surface area contributed by atoms with Gasteiger partial charge >= 0.3 is 0 Å². The molecule has 3 nitrogen and oxygen atoms in total. The predicted molar refractivity (Wildman–Crippen MR) is 109 cm³/mol. The molecule has 2 aromatic carbocycles. The van der Waals surface area contributed by atoms with Crippen LogP contribution < -0.4 is 0 Å². The van der Waals surface area contributed by atoms with Crippen molar-refractivity contribution in [2.75, 3.05) is 26.5 Å². The van der Waals surface area contributed by atoms with Gasteiger partial charge < -0.3 is 9.84 Å². The standard InChI is InChI=1S/C22H29NO2S/c1-23(14-17-10-12-20(26-2)13-11-17)15-19(24)16-25-22-9-5-7-18-6-3-4-8-21(18)22/h3-4,6,8,10-13,19,22,24H,5,7,9,14-16H2,1-2H3/t19-,22-/m0/s1. The van der Waals surface area contributed by atoms with Crippen molar-refractivity contribution in [1.82, 2.24) is 4.90 Å². The zero-order chi connectivity index (χ0) is 18.4. The van der Waals surface area contributed by atoms with Gasteiger partial charge in [0.25, 0.3) is 0 Å². The van der Waals surface area contributed by atoms with Crippen LogP contribution in [-0.4, -0.2) is 42.6 Å². The summed E-state index contributed by atoms with van der Waals surface area (Å²) in [6.45, 7) is 1.82. The molecular weight excluding hydrogens is 342 g/mol. The minimum absolute atomic E-state index is 0.124. The monoisotopic (exact) mass is 371 g/mol. The normalized spacial score (nSPS) is 17.9. The molecule has 0 aromatic heterocycles. The third kappa shape index (κ3) is 5.34. The minimum Gasteiger partial charge on any atom is -0.389 e. The summed E-state index contributed by atoms with van der Waals surface area (Å²) in [6.07, 6.45) is 5.07. The van der Waals surface area contributed by atoms with Gasteiger partial charge in [0, 0.05) is 18.0 Å². The highest BCUT2D eigenvalue weighted by Gasteiger charge is 2.21. The van der Waals surface area contributed by atoms with Crippen LogP contribution in [0.1, 0.15) is 35.6 Å². The second-order valence-electron chi connectivity index (χ2n) is 7.11. The van der Waals surface area contributed by atoms with Gasteiger partial charge in [0.05, 0.1) is 18.8 Å². The third-order valence-corrected chi connectivity index (χ3v) is 5.68. The van der Waals surface area contributed by atoms with Gasteiger partial charge in [-0.2, -0.15) is 0 Å². The lowest BCUT2D eigenvalue weighted by atomic mass is 9.89. The van der Waals surface area contributed by atoms with E-state index in [9.17, 15) is 5.11 Å². The maximum Gasteiger partial charge on any atom is 0.0900 e. The highest BCUT2D eigenvalue weighted by Crippen LogP contribution is 2.32. The van der Waals surface area contributed by atoms with E-state index in [4.69, 9.17) is 4.74 Å². The van der Waals surface area contributed by atoms with Gasteiger partial charge in [0.15, 0.2) is 0 Å². The molecule has 0 saturated carbocycles. The number of hydrogen-bond acceptors (Lipinski definition) is 4. The van der Waals surface area contributed by atoms with Gasteiger partial charge in [-0.1, -0.05) is 36.4 Å². The Morgan fingerprint density at radius 1 is 1.19 bits per heavy atom. The lowest BCUT2D eigenvalue weighted by molar-refractivity contribution is -0.0265. The number of aliphatic hydroxyl groups excluding tert-OH is 1. The molecule has 0 amide bonds. The van der Waals surface area contributed by atoms with Crippen molar-refractivity contribution in [1.29, 1.82) is 0 Å². The molecule has 0 heterocycles. The number of aryl methyl sites for hydroxylation is 1. The van der Waals surface area contributed by atoms with Crippen molar-refractivity contribution in [3.8, 4) is 0 Å². The summed E-state index contributed by atoms with van der Waals surface area (Å²) < 4.78 is 6.07. The van der Waals surface area contributed by atoms with Crippen LogP contribution in [0.15, 0.2) is 53.4 Å². The van der Waals surface area contributed by atoms with Crippen molar-refractivity contribution < 1.29 is 9.84 Å². The fourth-order valence-corrected chi connectivity index (χ4v) is 4.04. The average Bonchev–Trinajstić information content (AvgIpc) is 2.67. The van der Waals surface area contributed by atoms with Crippen LogP contribution in [0.2, 0.25) is 0 Å². The molecule has 0 fully saturated rings. The number of rotatable bonds is 8. The number of likely N-dealkylation sites (N-methyl/N-ethyl adjacent to an activating group) is 1. The van der Waals surface area contributed by atoms with Crippen molar-refractivity contribution in [2.24, 2.45) is 0 Å². The van der Waals surface area contributed by atoms with Crippen LogP contribution in [0.3, 0.4) is 0 Å². The van der Waals surface area contributed by atoms with Gasteiger partial charge in [-0.05, 0) is 61.4 Å². The Morgan fingerprint density at radius 3 is 2.73 bits per heavy atom. The first-order valence-corrected chi connectivity index (χ1v) is 10.6. The third-order valence-electron chi connectivity index (χ3n) is 4.94. The summed E-state index contributed by atoms with van der Waals surface area (Å²) in [6, 6.07) is 17.1. The van der Waals surface area contributed by atoms with Crippen LogP contribution >= 0.6 is 11.8 Å². The van der Waals surface area contributed by atoms with Gasteiger partial charge in [0.2, 0.25) is 0 Å². The lowest BCUT2D eigenvalue weighted by Crippen LogP contribution is -2.32. The van der Waals surface area contributed by atoms with E-state index in [-0.39, 0.29) is 6.10 Å². The van der Waals surface area contributed by atoms with Crippen molar-refractivity contribution in [3.63, 3.8) is 0 Å². The molecular formula is C22H29NO2S. The summed E-state index contributed by atoms with van der Waals surface area (Å²) in [5.41, 5.74) is 3.96. The van der Waals surface area contributed by atoms with Gasteiger partial charge in [-0.25, -0.2) is 0 Å². The van der Waals surface area contributed by atoms with E-state index in [1.165, 1.54) is 21.6 Å². The molecule has 0 saturated heterocycles. The van der Waals surface area contributed by atoms with Crippen LogP contribution in [0, 0.1) is 0 Å². The van der Waals surface area contributed by atoms with Gasteiger partial charge in [-0.15, -0.1) is 11.8 Å². The molecule has 140 valence electrons. The molecule has 0 spiro atoms. The van der Waals surface area contributed by atoms with Gasteiger partial charge in [0.1, 0.15) is 0 Å². The number of nitrogens with zero attached hydrogens (tertiary/aromatic N) is 1. The molecule has 1 aliphatic carbocycles. The van der Waals surface area contributed by atoms with E-state index in [0.717, 1.165) is 25.8 Å². The summed E-state index contributed by atoms with van der Waals surface area (Å²) in [5, 5.41) is 10.4. The Morgan fingerprint density at radius 2 is 1.96 bits per heavy atom. The zero-order valence-electron chi connectivity index (χ0n) is 15.7. The van der Waals surface area contributed by atoms with E-state index in [1.54, 1.807) is 11.8 Å². The number of hydrogen-bond donors (Lipinski definition) is 1. The Kier molecular flexibility index (Phi) is 7.15. The molecule has 1 aliphatic rings. The van der Waals surface area contributed by atoms with Crippen LogP contribution in [0.4, 0.5) is 0 Å². The van der Waals surface area contributed by atoms with E-state index in [2.05, 4.69) is 59.7 Å². The quantitative estimate of drug-likeness (QED) is 0.702. The summed E-state index contributed by atoms with van der Waals surface area (Å²) in [7, 11) is 2.04. The molecule has 0 unspecified atom stereocenters. The highest BCUT2D eigenvalue weighted by atomic mass is 32.2. The molecule has 2 atom stereocenters. The van der Waals surface area contributed by atoms with Crippen LogP contribution in [0.25, 0.3) is 0 Å². The first-order valence-electron chi connectivity index (χ1n) is 9.34. The molecule has 0 aliphatic heterocycles. The molecule has 0 bridgehead atoms. The number of ether oxygens (including phenoxy) is 1. The van der Waals surface area contributed by atoms with E-state index in [0.29, 0.717) is 13.2 Å². The maximum atomic E-state index is 10.4. The predicted octanol–water partition coefficient (Wildman–Crippen LogP) is 4.30. The fraction of sp³-hybridized carbons (Fsp3) is 0.455. The lowest BCUT2D eigenvalue weighted by Gasteiger charge is -2.27. The van der Waals surface area contributed by atoms with Gasteiger partial charge in [-0.3, -0.25) is 4.90 Å². The van der Waals surface area contributed by atoms with Crippen molar-refractivity contribution in [3.05, 3.63) is 65.2 Å². The topological polar surface area (TPSA) is 32.7 Å². The Labute approximate surface area is 161 Å². The fourth-order valence-electron chi connectivity index (χ4n) is 3.63. The molecule has 26 heavy (non-hydrogen) atoms. The largest absolute Gasteiger partial charge is 0.389 e. The second-order valence-corrected chi connectivity index (χ2v) is 7.99.